The highest BCUT2D eigenvalue weighted by molar-refractivity contribution is 7.76. The van der Waals surface area contributed by atoms with Gasteiger partial charge in [-0.3, -0.25) is 9.00 Å². The number of anilines is 1. The fraction of sp³-hybridized carbons (Fsp3) is 0.462. The van der Waals surface area contributed by atoms with Crippen LogP contribution in [0.5, 0.6) is 0 Å². The van der Waals surface area contributed by atoms with Crippen LogP contribution in [-0.2, 0) is 22.6 Å². The summed E-state index contributed by atoms with van der Waals surface area (Å²) in [5, 5.41) is 9.47. The summed E-state index contributed by atoms with van der Waals surface area (Å²) >= 11 is -2.61. The van der Waals surface area contributed by atoms with Crippen molar-refractivity contribution in [2.24, 2.45) is 0 Å². The molecule has 0 radical (unpaired) electrons. The van der Waals surface area contributed by atoms with Crippen molar-refractivity contribution in [3.05, 3.63) is 29.8 Å². The summed E-state index contributed by atoms with van der Waals surface area (Å²) in [6, 6.07) is 6.19. The van der Waals surface area contributed by atoms with Gasteiger partial charge in [-0.2, -0.15) is 0 Å². The van der Waals surface area contributed by atoms with Crippen molar-refractivity contribution in [3.8, 4) is 0 Å². The maximum Gasteiger partial charge on any atom is 0.324 e. The van der Waals surface area contributed by atoms with Gasteiger partial charge in [0.15, 0.2) is 0 Å². The lowest BCUT2D eigenvalue weighted by atomic mass is 9.92. The van der Waals surface area contributed by atoms with E-state index in [2.05, 4.69) is 0 Å². The third-order valence-electron chi connectivity index (χ3n) is 3.93. The molecule has 1 aliphatic rings. The highest BCUT2D eigenvalue weighted by Gasteiger charge is 2.46. The Balaban J connectivity index is 2.63. The molecule has 0 amide bonds. The van der Waals surface area contributed by atoms with Crippen molar-refractivity contribution in [3.63, 3.8) is 0 Å². The van der Waals surface area contributed by atoms with Gasteiger partial charge < -0.3 is 14.6 Å². The molecule has 7 heteroatoms. The molecule has 1 aromatic rings. The number of carboxylic acids is 1. The molecule has 20 heavy (non-hydrogen) atoms. The van der Waals surface area contributed by atoms with Gasteiger partial charge in [-0.05, 0) is 25.5 Å². The lowest BCUT2D eigenvalue weighted by molar-refractivity contribution is -0.143. The van der Waals surface area contributed by atoms with Crippen molar-refractivity contribution in [1.29, 1.82) is 0 Å². The van der Waals surface area contributed by atoms with Gasteiger partial charge in [0.05, 0.1) is 5.54 Å². The normalized spacial score (nSPS) is 23.8. The third kappa shape index (κ3) is 2.32. The van der Waals surface area contributed by atoms with E-state index in [-0.39, 0.29) is 6.54 Å². The molecule has 1 aromatic carbocycles. The van der Waals surface area contributed by atoms with E-state index in [0.717, 1.165) is 15.6 Å². The van der Waals surface area contributed by atoms with Crippen LogP contribution in [0.15, 0.2) is 24.3 Å². The number of rotatable bonds is 2. The molecule has 110 valence electrons. The van der Waals surface area contributed by atoms with Gasteiger partial charge in [-0.1, -0.05) is 18.2 Å². The van der Waals surface area contributed by atoms with Gasteiger partial charge in [-0.25, -0.2) is 4.31 Å². The Hall–Kier alpha value is -1.44. The number of carboxylic acid groups (broad SMARTS) is 1. The van der Waals surface area contributed by atoms with E-state index in [9.17, 15) is 18.7 Å². The summed E-state index contributed by atoms with van der Waals surface area (Å²) < 4.78 is 23.9. The molecule has 0 spiro atoms. The smallest absolute Gasteiger partial charge is 0.324 e. The minimum atomic E-state index is -2.61. The van der Waals surface area contributed by atoms with Crippen LogP contribution in [-0.4, -0.2) is 42.8 Å². The van der Waals surface area contributed by atoms with Crippen molar-refractivity contribution in [2.75, 3.05) is 11.9 Å². The van der Waals surface area contributed by atoms with E-state index in [4.69, 9.17) is 0 Å². The maximum absolute atomic E-state index is 11.6. The first-order valence-electron chi connectivity index (χ1n) is 6.17. The van der Waals surface area contributed by atoms with E-state index in [0.29, 0.717) is 0 Å². The molecule has 1 N–H and O–H groups in total. The molecule has 2 rings (SSSR count). The summed E-state index contributed by atoms with van der Waals surface area (Å²) in [4.78, 5) is 13.4. The summed E-state index contributed by atoms with van der Waals surface area (Å²) in [7, 11) is 1.78. The average Bonchev–Trinajstić information content (AvgIpc) is 2.44. The highest BCUT2D eigenvalue weighted by Crippen LogP contribution is 2.35. The minimum absolute atomic E-state index is 0.0526. The van der Waals surface area contributed by atoms with Crippen molar-refractivity contribution >= 4 is 22.9 Å². The molecule has 1 aliphatic heterocycles. The zero-order valence-corrected chi connectivity index (χ0v) is 12.4. The average molecular weight is 297 g/mol. The number of nitrogens with zero attached hydrogens (tertiary/aromatic N) is 2. The molecule has 2 atom stereocenters. The Morgan fingerprint density at radius 2 is 2.05 bits per heavy atom. The highest BCUT2D eigenvalue weighted by atomic mass is 32.2. The third-order valence-corrected chi connectivity index (χ3v) is 4.65. The van der Waals surface area contributed by atoms with Crippen molar-refractivity contribution < 1.29 is 18.7 Å². The van der Waals surface area contributed by atoms with Crippen molar-refractivity contribution in [1.82, 2.24) is 4.31 Å². The summed E-state index contributed by atoms with van der Waals surface area (Å²) in [5.41, 5.74) is 0.756. The van der Waals surface area contributed by atoms with Gasteiger partial charge in [0.2, 0.25) is 0 Å². The fourth-order valence-corrected chi connectivity index (χ4v) is 3.41. The standard InChI is InChI=1S/C13H18N2O4S/c1-13(2)11(12(16)17)15(20(18)19)8-9-6-4-5-7-10(9)14(13)3/h4-7,11H,8H2,1-3H3,(H,16,17)(H,18,19)/p-1. The van der Waals surface area contributed by atoms with E-state index >= 15 is 0 Å². The van der Waals surface area contributed by atoms with E-state index in [1.54, 1.807) is 20.9 Å². The van der Waals surface area contributed by atoms with Gasteiger partial charge in [0, 0.05) is 30.5 Å². The lowest BCUT2D eigenvalue weighted by Gasteiger charge is -2.43. The predicted molar refractivity (Wildman–Crippen MR) is 74.8 cm³/mol. The zero-order valence-electron chi connectivity index (χ0n) is 11.6. The number of fused-ring (bicyclic) bond motifs is 1. The van der Waals surface area contributed by atoms with Gasteiger partial charge in [0.1, 0.15) is 6.04 Å². The minimum Gasteiger partial charge on any atom is -0.760 e. The Bertz CT molecular complexity index is 561. The fourth-order valence-electron chi connectivity index (χ4n) is 2.64. The van der Waals surface area contributed by atoms with Crippen LogP contribution in [0.2, 0.25) is 0 Å². The number of hydrogen-bond donors (Lipinski definition) is 1. The first kappa shape index (κ1) is 15.0. The second kappa shape index (κ2) is 5.16. The predicted octanol–water partition coefficient (Wildman–Crippen LogP) is 0.964. The largest absolute Gasteiger partial charge is 0.760 e. The van der Waals surface area contributed by atoms with Gasteiger partial charge in [-0.15, -0.1) is 0 Å². The molecule has 6 nitrogen and oxygen atoms in total. The topological polar surface area (TPSA) is 83.9 Å². The molecular weight excluding hydrogens is 280 g/mol. The molecule has 0 saturated heterocycles. The Labute approximate surface area is 120 Å². The van der Waals surface area contributed by atoms with Gasteiger partial charge >= 0.3 is 5.97 Å². The zero-order chi connectivity index (χ0) is 15.1. The lowest BCUT2D eigenvalue weighted by Crippen LogP contribution is -2.60. The van der Waals surface area contributed by atoms with Crippen LogP contribution in [0, 0.1) is 0 Å². The Kier molecular flexibility index (Phi) is 3.86. The first-order chi connectivity index (χ1) is 9.26. The van der Waals surface area contributed by atoms with Crippen LogP contribution >= 0.6 is 0 Å². The Morgan fingerprint density at radius 3 is 2.60 bits per heavy atom. The molecular formula is C13H17N2O4S-. The molecule has 0 aromatic heterocycles. The maximum atomic E-state index is 11.6. The van der Waals surface area contributed by atoms with Crippen LogP contribution in [0.3, 0.4) is 0 Å². The van der Waals surface area contributed by atoms with E-state index in [1.165, 1.54) is 0 Å². The number of para-hydroxylation sites is 1. The molecule has 0 fully saturated rings. The molecule has 0 aliphatic carbocycles. The SMILES string of the molecule is CN1c2ccccc2CN(S(=O)[O-])C(C(=O)O)C1(C)C. The number of aliphatic carboxylic acids is 1. The molecule has 0 saturated carbocycles. The second-order valence-electron chi connectivity index (χ2n) is 5.37. The molecule has 1 heterocycles. The van der Waals surface area contributed by atoms with E-state index in [1.807, 2.05) is 29.2 Å². The second-order valence-corrected chi connectivity index (χ2v) is 6.28. The number of benzene rings is 1. The summed E-state index contributed by atoms with van der Waals surface area (Å²) in [6.45, 7) is 3.51. The quantitative estimate of drug-likeness (QED) is 0.822. The first-order valence-corrected chi connectivity index (χ1v) is 7.20. The van der Waals surface area contributed by atoms with Crippen LogP contribution in [0.25, 0.3) is 0 Å². The van der Waals surface area contributed by atoms with E-state index < -0.39 is 28.8 Å². The number of carbonyl (C=O) groups is 1. The molecule has 2 unspecified atom stereocenters. The summed E-state index contributed by atoms with van der Waals surface area (Å²) in [5.74, 6) is -1.15. The van der Waals surface area contributed by atoms with Crippen LogP contribution in [0.1, 0.15) is 19.4 Å². The van der Waals surface area contributed by atoms with Crippen LogP contribution < -0.4 is 4.90 Å². The van der Waals surface area contributed by atoms with Crippen molar-refractivity contribution in [2.45, 2.75) is 32.0 Å². The number of likely N-dealkylation sites (N-methyl/N-ethyl adjacent to an activating group) is 1. The molecule has 0 bridgehead atoms. The van der Waals surface area contributed by atoms with Gasteiger partial charge in [0.25, 0.3) is 0 Å². The number of hydrogen-bond acceptors (Lipinski definition) is 4. The van der Waals surface area contributed by atoms with Crippen LogP contribution in [0.4, 0.5) is 5.69 Å². The monoisotopic (exact) mass is 297 g/mol. The Morgan fingerprint density at radius 1 is 1.45 bits per heavy atom. The summed E-state index contributed by atoms with van der Waals surface area (Å²) in [6.07, 6.45) is 0.